The number of aliphatic hydroxyl groups is 3. The first-order valence-electron chi connectivity index (χ1n) is 14.2. The highest BCUT2D eigenvalue weighted by Gasteiger charge is 2.48. The van der Waals surface area contributed by atoms with Gasteiger partial charge in [-0.25, -0.2) is 4.79 Å². The summed E-state index contributed by atoms with van der Waals surface area (Å²) in [6.07, 6.45) is -9.18. The Hall–Kier alpha value is -3.26. The molecule has 3 aliphatic heterocycles. The van der Waals surface area contributed by atoms with Crippen molar-refractivity contribution in [3.63, 3.8) is 0 Å². The summed E-state index contributed by atoms with van der Waals surface area (Å²) in [7, 11) is 2.12. The minimum absolute atomic E-state index is 0.0882. The van der Waals surface area contributed by atoms with Crippen molar-refractivity contribution in [2.75, 3.05) is 33.2 Å². The van der Waals surface area contributed by atoms with E-state index in [1.165, 1.54) is 17.7 Å². The van der Waals surface area contributed by atoms with Crippen LogP contribution in [0, 0.1) is 0 Å². The van der Waals surface area contributed by atoms with E-state index >= 15 is 0 Å². The molecule has 3 aliphatic rings. The number of carbonyl (C=O) groups excluding carboxylic acids is 1. The average molecular weight is 586 g/mol. The highest BCUT2D eigenvalue weighted by Crippen LogP contribution is 2.37. The molecule has 1 unspecified atom stereocenters. The number of amides is 1. The Morgan fingerprint density at radius 1 is 0.976 bits per heavy atom. The third-order valence-corrected chi connectivity index (χ3v) is 8.32. The highest BCUT2D eigenvalue weighted by atomic mass is 16.7. The van der Waals surface area contributed by atoms with Crippen LogP contribution in [-0.4, -0.2) is 116 Å². The number of piperazine rings is 1. The first kappa shape index (κ1) is 30.2. The molecule has 1 amide bonds. The van der Waals surface area contributed by atoms with Gasteiger partial charge in [0.1, 0.15) is 29.8 Å². The zero-order valence-electron chi connectivity index (χ0n) is 24.0. The van der Waals surface area contributed by atoms with Crippen LogP contribution in [0.2, 0.25) is 0 Å². The minimum Gasteiger partial charge on any atom is -0.508 e. The van der Waals surface area contributed by atoms with Gasteiger partial charge in [-0.3, -0.25) is 9.69 Å². The molecule has 12 heteroatoms. The largest absolute Gasteiger partial charge is 0.508 e. The molecule has 5 N–H and O–H groups in total. The molecule has 0 radical (unpaired) electrons. The Kier molecular flexibility index (Phi) is 8.74. The summed E-state index contributed by atoms with van der Waals surface area (Å²) in [5.74, 6) is -2.38. The lowest BCUT2D eigenvalue weighted by molar-refractivity contribution is -0.271. The zero-order chi connectivity index (χ0) is 30.3. The molecule has 42 heavy (non-hydrogen) atoms. The molecule has 2 saturated heterocycles. The predicted octanol–water partition coefficient (Wildman–Crippen LogP) is 0.690. The van der Waals surface area contributed by atoms with Gasteiger partial charge in [0.15, 0.2) is 6.10 Å². The third kappa shape index (κ3) is 6.10. The highest BCUT2D eigenvalue weighted by molar-refractivity contribution is 5.98. The van der Waals surface area contributed by atoms with Crippen molar-refractivity contribution in [1.29, 1.82) is 0 Å². The number of phenolic OH excluding ortho intramolecular Hbond substituents is 1. The molecule has 2 aromatic carbocycles. The Bertz CT molecular complexity index is 1330. The van der Waals surface area contributed by atoms with Crippen molar-refractivity contribution in [2.24, 2.45) is 0 Å². The number of hydrogen-bond donors (Lipinski definition) is 5. The Morgan fingerprint density at radius 3 is 2.33 bits per heavy atom. The van der Waals surface area contributed by atoms with E-state index in [2.05, 4.69) is 29.0 Å². The van der Waals surface area contributed by atoms with Gasteiger partial charge < -0.3 is 44.8 Å². The molecular formula is C30H39N3O9. The Morgan fingerprint density at radius 2 is 1.67 bits per heavy atom. The van der Waals surface area contributed by atoms with Gasteiger partial charge in [0.05, 0.1) is 5.56 Å². The number of hydrogen-bond acceptors (Lipinski definition) is 10. The van der Waals surface area contributed by atoms with Crippen LogP contribution in [0.15, 0.2) is 30.3 Å². The quantitative estimate of drug-likeness (QED) is 0.311. The second kappa shape index (κ2) is 12.2. The number of aliphatic carboxylic acids is 1. The number of carboxylic acid groups (broad SMARTS) is 1. The monoisotopic (exact) mass is 585 g/mol. The standard InChI is InChI=1S/C30H39N3O9/c1-16(2)20-11-21(23(12-22(20)34)41-30-26(37)24(35)25(36)27(42-30)29(39)40)28(38)33-14-18-5-4-17(10-19(18)15-33)13-32-8-6-31(3)7-9-32/h4-5,10-12,16,24-27,30,34-37H,6-9,13-15H2,1-3H3,(H,39,40)/t24-,25-,26+,27-,30?/m0/s1. The number of carboxylic acids is 1. The summed E-state index contributed by atoms with van der Waals surface area (Å²) >= 11 is 0. The third-order valence-electron chi connectivity index (χ3n) is 8.32. The molecule has 5 atom stereocenters. The van der Waals surface area contributed by atoms with E-state index in [9.17, 15) is 35.1 Å². The molecule has 0 spiro atoms. The summed E-state index contributed by atoms with van der Waals surface area (Å²) in [6.45, 7) is 9.37. The summed E-state index contributed by atoms with van der Waals surface area (Å²) in [4.78, 5) is 31.9. The smallest absolute Gasteiger partial charge is 0.335 e. The molecule has 0 aliphatic carbocycles. The summed E-state index contributed by atoms with van der Waals surface area (Å²) in [5.41, 5.74) is 3.85. The summed E-state index contributed by atoms with van der Waals surface area (Å²) in [6, 6.07) is 9.03. The van der Waals surface area contributed by atoms with Gasteiger partial charge in [-0.1, -0.05) is 32.0 Å². The van der Waals surface area contributed by atoms with E-state index in [1.807, 2.05) is 19.9 Å². The predicted molar refractivity (Wildman–Crippen MR) is 150 cm³/mol. The molecule has 2 fully saturated rings. The lowest BCUT2D eigenvalue weighted by Crippen LogP contribution is -2.61. The number of benzene rings is 2. The van der Waals surface area contributed by atoms with E-state index < -0.39 is 36.7 Å². The normalized spacial score (nSPS) is 26.8. The molecule has 12 nitrogen and oxygen atoms in total. The van der Waals surface area contributed by atoms with Crippen LogP contribution in [0.5, 0.6) is 11.5 Å². The molecular weight excluding hydrogens is 546 g/mol. The second-order valence-corrected chi connectivity index (χ2v) is 11.8. The number of rotatable bonds is 7. The maximum atomic E-state index is 13.9. The summed E-state index contributed by atoms with van der Waals surface area (Å²) in [5, 5.41) is 50.8. The lowest BCUT2D eigenvalue weighted by atomic mass is 9.97. The van der Waals surface area contributed by atoms with Gasteiger partial charge in [-0.15, -0.1) is 0 Å². The average Bonchev–Trinajstić information content (AvgIpc) is 3.37. The SMILES string of the molecule is CC(C)c1cc(C(=O)N2Cc3ccc(CN4CCN(C)CC4)cc3C2)c(OC2O[C@H](C(=O)O)[C@@H](O)[C@H](O)[C@H]2O)cc1O. The van der Waals surface area contributed by atoms with E-state index in [0.717, 1.165) is 43.9 Å². The molecule has 5 rings (SSSR count). The summed E-state index contributed by atoms with van der Waals surface area (Å²) < 4.78 is 11.0. The fraction of sp³-hybridized carbons (Fsp3) is 0.533. The molecule has 0 bridgehead atoms. The van der Waals surface area contributed by atoms with Crippen LogP contribution in [-0.2, 0) is 29.2 Å². The van der Waals surface area contributed by atoms with Crippen LogP contribution < -0.4 is 4.74 Å². The van der Waals surface area contributed by atoms with Crippen molar-refractivity contribution in [3.05, 3.63) is 58.1 Å². The van der Waals surface area contributed by atoms with Crippen molar-refractivity contribution >= 4 is 11.9 Å². The van der Waals surface area contributed by atoms with Gasteiger partial charge in [-0.2, -0.15) is 0 Å². The molecule has 3 heterocycles. The van der Waals surface area contributed by atoms with Gasteiger partial charge in [0, 0.05) is 51.9 Å². The topological polar surface area (TPSA) is 163 Å². The first-order chi connectivity index (χ1) is 19.9. The van der Waals surface area contributed by atoms with Gasteiger partial charge in [0.2, 0.25) is 6.29 Å². The Balaban J connectivity index is 1.38. The minimum atomic E-state index is -1.89. The van der Waals surface area contributed by atoms with Crippen LogP contribution in [0.4, 0.5) is 0 Å². The lowest BCUT2D eigenvalue weighted by Gasteiger charge is -2.38. The van der Waals surface area contributed by atoms with E-state index in [4.69, 9.17) is 9.47 Å². The Labute approximate surface area is 244 Å². The maximum Gasteiger partial charge on any atom is 0.335 e. The van der Waals surface area contributed by atoms with Crippen molar-refractivity contribution in [1.82, 2.24) is 14.7 Å². The number of carbonyl (C=O) groups is 2. The fourth-order valence-electron chi connectivity index (χ4n) is 5.71. The van der Waals surface area contributed by atoms with Crippen molar-refractivity contribution in [2.45, 2.75) is 70.1 Å². The van der Waals surface area contributed by atoms with Crippen molar-refractivity contribution < 1.29 is 44.6 Å². The molecule has 228 valence electrons. The van der Waals surface area contributed by atoms with E-state index in [0.29, 0.717) is 18.7 Å². The number of aliphatic hydroxyl groups excluding tert-OH is 3. The van der Waals surface area contributed by atoms with Gasteiger partial charge in [-0.05, 0) is 41.3 Å². The van der Waals surface area contributed by atoms with Crippen molar-refractivity contribution in [3.8, 4) is 11.5 Å². The first-order valence-corrected chi connectivity index (χ1v) is 14.2. The number of nitrogens with zero attached hydrogens (tertiary/aromatic N) is 3. The van der Waals surface area contributed by atoms with E-state index in [1.54, 1.807) is 4.90 Å². The fourth-order valence-corrected chi connectivity index (χ4v) is 5.71. The second-order valence-electron chi connectivity index (χ2n) is 11.8. The molecule has 0 aromatic heterocycles. The maximum absolute atomic E-state index is 13.9. The van der Waals surface area contributed by atoms with Crippen LogP contribution >= 0.6 is 0 Å². The zero-order valence-corrected chi connectivity index (χ0v) is 24.0. The van der Waals surface area contributed by atoms with Crippen LogP contribution in [0.3, 0.4) is 0 Å². The van der Waals surface area contributed by atoms with Crippen LogP contribution in [0.25, 0.3) is 0 Å². The number of ether oxygens (including phenoxy) is 2. The van der Waals surface area contributed by atoms with Gasteiger partial charge >= 0.3 is 5.97 Å². The number of likely N-dealkylation sites (N-methyl/N-ethyl adjacent to an activating group) is 1. The number of fused-ring (bicyclic) bond motifs is 1. The van der Waals surface area contributed by atoms with Gasteiger partial charge in [0.25, 0.3) is 5.91 Å². The van der Waals surface area contributed by atoms with Crippen LogP contribution in [0.1, 0.15) is 52.4 Å². The van der Waals surface area contributed by atoms with E-state index in [-0.39, 0.29) is 28.9 Å². The molecule has 2 aromatic rings. The number of phenols is 1. The number of aromatic hydroxyl groups is 1. The molecule has 0 saturated carbocycles.